The van der Waals surface area contributed by atoms with Gasteiger partial charge < -0.3 is 16.0 Å². The molecule has 0 aromatic rings. The molecule has 2 atom stereocenters. The van der Waals surface area contributed by atoms with Crippen LogP contribution in [0.4, 0.5) is 0 Å². The zero-order valence-corrected chi connectivity index (χ0v) is 12.7. The molecule has 21 heavy (non-hydrogen) atoms. The lowest BCUT2D eigenvalue weighted by molar-refractivity contribution is -0.131. The highest BCUT2D eigenvalue weighted by molar-refractivity contribution is 5.94. The van der Waals surface area contributed by atoms with E-state index in [9.17, 15) is 19.2 Å². The fourth-order valence-electron chi connectivity index (χ4n) is 2.12. The van der Waals surface area contributed by atoms with Crippen LogP contribution in [0.25, 0.3) is 0 Å². The molecule has 0 saturated carbocycles. The quantitative estimate of drug-likeness (QED) is 0.589. The molecule has 1 heterocycles. The minimum atomic E-state index is -0.700. The van der Waals surface area contributed by atoms with Gasteiger partial charge in [-0.05, 0) is 25.7 Å². The molecule has 7 heteroatoms. The molecular formula is C14H23N3O4. The number of rotatable bonds is 7. The third-order valence-corrected chi connectivity index (χ3v) is 3.16. The normalized spacial score (nSPS) is 19.0. The van der Waals surface area contributed by atoms with Crippen LogP contribution in [0.15, 0.2) is 0 Å². The lowest BCUT2D eigenvalue weighted by atomic mass is 10.0. The van der Waals surface area contributed by atoms with Crippen LogP contribution in [-0.4, -0.2) is 42.1 Å². The molecule has 7 nitrogen and oxygen atoms in total. The predicted molar refractivity (Wildman–Crippen MR) is 76.2 cm³/mol. The van der Waals surface area contributed by atoms with E-state index in [4.69, 9.17) is 0 Å². The van der Waals surface area contributed by atoms with Crippen LogP contribution in [0.1, 0.15) is 40.0 Å². The van der Waals surface area contributed by atoms with E-state index in [-0.39, 0.29) is 36.0 Å². The number of nitrogens with one attached hydrogen (secondary N) is 3. The van der Waals surface area contributed by atoms with Gasteiger partial charge in [-0.25, -0.2) is 0 Å². The molecule has 1 saturated heterocycles. The van der Waals surface area contributed by atoms with Crippen LogP contribution in [0.2, 0.25) is 0 Å². The zero-order valence-electron chi connectivity index (χ0n) is 12.7. The number of hydrogen-bond donors (Lipinski definition) is 3. The first-order chi connectivity index (χ1) is 9.79. The molecule has 0 radical (unpaired) electrons. The Balaban J connectivity index is 2.60. The molecule has 1 fully saturated rings. The van der Waals surface area contributed by atoms with Crippen molar-refractivity contribution in [1.29, 1.82) is 0 Å². The summed E-state index contributed by atoms with van der Waals surface area (Å²) in [5.41, 5.74) is 0. The fraction of sp³-hybridized carbons (Fsp3) is 0.714. The summed E-state index contributed by atoms with van der Waals surface area (Å²) in [7, 11) is 0. The van der Waals surface area contributed by atoms with Gasteiger partial charge in [0.05, 0.1) is 6.54 Å². The van der Waals surface area contributed by atoms with Crippen molar-refractivity contribution < 1.29 is 19.2 Å². The largest absolute Gasteiger partial charge is 0.347 e. The van der Waals surface area contributed by atoms with Gasteiger partial charge in [0.1, 0.15) is 17.9 Å². The van der Waals surface area contributed by atoms with Gasteiger partial charge >= 0.3 is 0 Å². The summed E-state index contributed by atoms with van der Waals surface area (Å²) < 4.78 is 0. The first-order valence-corrected chi connectivity index (χ1v) is 7.16. The van der Waals surface area contributed by atoms with Crippen molar-refractivity contribution in [2.24, 2.45) is 5.92 Å². The van der Waals surface area contributed by atoms with Crippen LogP contribution in [0.3, 0.4) is 0 Å². The zero-order chi connectivity index (χ0) is 16.0. The van der Waals surface area contributed by atoms with E-state index in [0.717, 1.165) is 0 Å². The van der Waals surface area contributed by atoms with Gasteiger partial charge in [-0.15, -0.1) is 0 Å². The molecule has 1 aliphatic heterocycles. The summed E-state index contributed by atoms with van der Waals surface area (Å²) in [5, 5.41) is 7.72. The van der Waals surface area contributed by atoms with Gasteiger partial charge in [0.25, 0.3) is 0 Å². The minimum Gasteiger partial charge on any atom is -0.347 e. The predicted octanol–water partition coefficient (Wildman–Crippen LogP) is -0.499. The minimum absolute atomic E-state index is 0.0521. The number of carbonyl (C=O) groups excluding carboxylic acids is 4. The fourth-order valence-corrected chi connectivity index (χ4v) is 2.12. The van der Waals surface area contributed by atoms with Crippen LogP contribution < -0.4 is 16.0 Å². The van der Waals surface area contributed by atoms with E-state index in [0.29, 0.717) is 19.3 Å². The second-order valence-corrected chi connectivity index (χ2v) is 5.77. The number of hydrogen-bond acceptors (Lipinski definition) is 4. The van der Waals surface area contributed by atoms with Gasteiger partial charge in [0, 0.05) is 6.42 Å². The Bertz CT molecular complexity index is 434. The van der Waals surface area contributed by atoms with Crippen molar-refractivity contribution in [3.05, 3.63) is 0 Å². The van der Waals surface area contributed by atoms with Gasteiger partial charge in [-0.3, -0.25) is 19.2 Å². The molecule has 118 valence electrons. The SMILES string of the molecule is CC(=O)CNC(=O)C(CC(C)C)NC(=O)C1CCC(=O)N1. The third-order valence-electron chi connectivity index (χ3n) is 3.16. The molecule has 3 N–H and O–H groups in total. The van der Waals surface area contributed by atoms with E-state index >= 15 is 0 Å². The maximum atomic E-state index is 12.1. The van der Waals surface area contributed by atoms with E-state index in [1.54, 1.807) is 0 Å². The highest BCUT2D eigenvalue weighted by atomic mass is 16.2. The van der Waals surface area contributed by atoms with E-state index in [2.05, 4.69) is 16.0 Å². The second kappa shape index (κ2) is 7.75. The Morgan fingerprint density at radius 1 is 1.33 bits per heavy atom. The second-order valence-electron chi connectivity index (χ2n) is 5.77. The molecule has 3 amide bonds. The topological polar surface area (TPSA) is 104 Å². The van der Waals surface area contributed by atoms with Crippen molar-refractivity contribution in [3.8, 4) is 0 Å². The Hall–Kier alpha value is -1.92. The summed E-state index contributed by atoms with van der Waals surface area (Å²) in [6.07, 6.45) is 1.23. The van der Waals surface area contributed by atoms with Gasteiger partial charge in [0.2, 0.25) is 17.7 Å². The molecule has 0 bridgehead atoms. The lowest BCUT2D eigenvalue weighted by Gasteiger charge is -2.21. The van der Waals surface area contributed by atoms with Crippen molar-refractivity contribution in [2.75, 3.05) is 6.54 Å². The van der Waals surface area contributed by atoms with Crippen molar-refractivity contribution in [2.45, 2.75) is 52.1 Å². The molecule has 0 aliphatic carbocycles. The van der Waals surface area contributed by atoms with Crippen molar-refractivity contribution in [1.82, 2.24) is 16.0 Å². The molecule has 2 unspecified atom stereocenters. The van der Waals surface area contributed by atoms with Crippen molar-refractivity contribution in [3.63, 3.8) is 0 Å². The van der Waals surface area contributed by atoms with E-state index in [1.165, 1.54) is 6.92 Å². The van der Waals surface area contributed by atoms with Crippen LogP contribution in [0.5, 0.6) is 0 Å². The van der Waals surface area contributed by atoms with Crippen LogP contribution in [0, 0.1) is 5.92 Å². The highest BCUT2D eigenvalue weighted by Gasteiger charge is 2.30. The number of ketones is 1. The average molecular weight is 297 g/mol. The van der Waals surface area contributed by atoms with Gasteiger partial charge in [-0.1, -0.05) is 13.8 Å². The highest BCUT2D eigenvalue weighted by Crippen LogP contribution is 2.09. The van der Waals surface area contributed by atoms with Crippen molar-refractivity contribution >= 4 is 23.5 Å². The molecule has 1 rings (SSSR count). The molecule has 1 aliphatic rings. The van der Waals surface area contributed by atoms with Crippen LogP contribution in [-0.2, 0) is 19.2 Å². The molecule has 0 aromatic carbocycles. The maximum absolute atomic E-state index is 12.1. The molecule has 0 aromatic heterocycles. The maximum Gasteiger partial charge on any atom is 0.243 e. The average Bonchev–Trinajstić information content (AvgIpc) is 2.81. The Morgan fingerprint density at radius 3 is 2.48 bits per heavy atom. The number of carbonyl (C=O) groups is 4. The first-order valence-electron chi connectivity index (χ1n) is 7.16. The Morgan fingerprint density at radius 2 is 2.00 bits per heavy atom. The monoisotopic (exact) mass is 297 g/mol. The van der Waals surface area contributed by atoms with Gasteiger partial charge in [-0.2, -0.15) is 0 Å². The third kappa shape index (κ3) is 5.93. The summed E-state index contributed by atoms with van der Waals surface area (Å²) in [5.74, 6) is -0.838. The number of Topliss-reactive ketones (excluding diaryl/α,β-unsaturated/α-hetero) is 1. The van der Waals surface area contributed by atoms with E-state index < -0.39 is 12.1 Å². The molecular weight excluding hydrogens is 274 g/mol. The standard InChI is InChI=1S/C14H23N3O4/c1-8(2)6-11(13(20)15-7-9(3)18)17-14(21)10-4-5-12(19)16-10/h8,10-11H,4-7H2,1-3H3,(H,15,20)(H,16,19)(H,17,21). The smallest absolute Gasteiger partial charge is 0.243 e. The first kappa shape index (κ1) is 17.1. The summed E-state index contributed by atoms with van der Waals surface area (Å²) in [6, 6.07) is -1.28. The van der Waals surface area contributed by atoms with Gasteiger partial charge in [0.15, 0.2) is 0 Å². The van der Waals surface area contributed by atoms with Crippen LogP contribution >= 0.6 is 0 Å². The van der Waals surface area contributed by atoms with E-state index in [1.807, 2.05) is 13.8 Å². The Kier molecular flexibility index (Phi) is 6.33. The summed E-state index contributed by atoms with van der Waals surface area (Å²) in [4.78, 5) is 46.1. The Labute approximate surface area is 124 Å². The lowest BCUT2D eigenvalue weighted by Crippen LogP contribution is -2.52. The molecule has 0 spiro atoms. The summed E-state index contributed by atoms with van der Waals surface area (Å²) in [6.45, 7) is 5.21. The summed E-state index contributed by atoms with van der Waals surface area (Å²) >= 11 is 0. The number of amides is 3.